The molecule has 7 heteroatoms. The van der Waals surface area contributed by atoms with Crippen LogP contribution < -0.4 is 0 Å². The predicted molar refractivity (Wildman–Crippen MR) is 126 cm³/mol. The number of likely N-dealkylation sites (N-methyl/N-ethyl adjacent to an activating group) is 1. The third kappa shape index (κ3) is 4.94. The van der Waals surface area contributed by atoms with Crippen molar-refractivity contribution in [3.8, 4) is 0 Å². The Bertz CT molecular complexity index is 1040. The van der Waals surface area contributed by atoms with Gasteiger partial charge in [0.2, 0.25) is 0 Å². The number of nitrogens with zero attached hydrogens (tertiary/aromatic N) is 4. The Morgan fingerprint density at radius 1 is 1.25 bits per heavy atom. The first-order chi connectivity index (χ1) is 15.4. The molecule has 1 aliphatic rings. The molecule has 170 valence electrons. The topological polar surface area (TPSA) is 41.4 Å². The highest BCUT2D eigenvalue weighted by atomic mass is 32.1. The second-order valence-electron chi connectivity index (χ2n) is 8.78. The van der Waals surface area contributed by atoms with Crippen molar-refractivity contribution in [1.29, 1.82) is 0 Å². The van der Waals surface area contributed by atoms with Gasteiger partial charge < -0.3 is 4.90 Å². The highest BCUT2D eigenvalue weighted by molar-refractivity contribution is 7.08. The average molecular weight is 455 g/mol. The summed E-state index contributed by atoms with van der Waals surface area (Å²) in [5, 5.41) is 8.17. The van der Waals surface area contributed by atoms with E-state index in [-0.39, 0.29) is 17.8 Å². The van der Waals surface area contributed by atoms with Crippen molar-refractivity contribution in [2.45, 2.75) is 38.8 Å². The number of hydrogen-bond acceptors (Lipinski definition) is 4. The molecule has 1 aliphatic heterocycles. The zero-order valence-electron chi connectivity index (χ0n) is 19.0. The number of hydrogen-bond donors (Lipinski definition) is 0. The molecule has 1 unspecified atom stereocenters. The number of carbonyl (C=O) groups is 1. The van der Waals surface area contributed by atoms with Gasteiger partial charge in [0.25, 0.3) is 5.91 Å². The van der Waals surface area contributed by atoms with E-state index in [0.717, 1.165) is 32.5 Å². The van der Waals surface area contributed by atoms with Gasteiger partial charge in [0.05, 0.1) is 11.8 Å². The van der Waals surface area contributed by atoms with E-state index in [4.69, 9.17) is 0 Å². The third-order valence-corrected chi connectivity index (χ3v) is 7.56. The molecule has 2 aromatic heterocycles. The van der Waals surface area contributed by atoms with E-state index < -0.39 is 0 Å². The van der Waals surface area contributed by atoms with Crippen LogP contribution in [0.3, 0.4) is 0 Å². The predicted octanol–water partition coefficient (Wildman–Crippen LogP) is 4.52. The van der Waals surface area contributed by atoms with Crippen LogP contribution in [-0.2, 0) is 20.0 Å². The summed E-state index contributed by atoms with van der Waals surface area (Å²) in [6.07, 6.45) is 4.46. The zero-order chi connectivity index (χ0) is 22.7. The lowest BCUT2D eigenvalue weighted by atomic mass is 9.84. The third-order valence-electron chi connectivity index (χ3n) is 6.88. The number of amides is 1. The van der Waals surface area contributed by atoms with Crippen molar-refractivity contribution >= 4 is 17.2 Å². The minimum absolute atomic E-state index is 0.0148. The summed E-state index contributed by atoms with van der Waals surface area (Å²) in [6.45, 7) is 4.93. The van der Waals surface area contributed by atoms with E-state index in [1.807, 2.05) is 58.8 Å². The van der Waals surface area contributed by atoms with Crippen LogP contribution in [0.5, 0.6) is 0 Å². The molecule has 0 radical (unpaired) electrons. The van der Waals surface area contributed by atoms with Crippen LogP contribution in [0.4, 0.5) is 4.39 Å². The normalized spacial score (nSPS) is 16.2. The van der Waals surface area contributed by atoms with E-state index in [2.05, 4.69) is 16.9 Å². The molecule has 32 heavy (non-hydrogen) atoms. The summed E-state index contributed by atoms with van der Waals surface area (Å²) in [6, 6.07) is 8.75. The lowest BCUT2D eigenvalue weighted by Crippen LogP contribution is -2.47. The van der Waals surface area contributed by atoms with Crippen molar-refractivity contribution in [3.05, 3.63) is 75.5 Å². The highest BCUT2D eigenvalue weighted by Gasteiger charge is 2.32. The fraction of sp³-hybridized carbons (Fsp3) is 0.440. The summed E-state index contributed by atoms with van der Waals surface area (Å²) in [5.74, 6) is 0.146. The summed E-state index contributed by atoms with van der Waals surface area (Å²) in [5.41, 5.74) is 3.85. The Morgan fingerprint density at radius 3 is 2.62 bits per heavy atom. The van der Waals surface area contributed by atoms with E-state index in [0.29, 0.717) is 23.5 Å². The summed E-state index contributed by atoms with van der Waals surface area (Å²) >= 11 is 1.52. The monoisotopic (exact) mass is 454 g/mol. The molecule has 3 heterocycles. The number of piperidine rings is 1. The zero-order valence-corrected chi connectivity index (χ0v) is 19.8. The van der Waals surface area contributed by atoms with E-state index in [1.165, 1.54) is 28.7 Å². The number of halogens is 1. The number of aromatic nitrogens is 2. The first kappa shape index (κ1) is 22.7. The van der Waals surface area contributed by atoms with Gasteiger partial charge in [-0.15, -0.1) is 0 Å². The SMILES string of the molecule is Cc1c(CN2CCC(C(Cc3ccccc3F)N(C)C(=O)c3ccsc3)CC2)cnn1C. The van der Waals surface area contributed by atoms with Gasteiger partial charge in [-0.25, -0.2) is 4.39 Å². The Hall–Kier alpha value is -2.51. The van der Waals surface area contributed by atoms with Crippen LogP contribution in [0.15, 0.2) is 47.3 Å². The van der Waals surface area contributed by atoms with Crippen LogP contribution in [-0.4, -0.2) is 51.7 Å². The quantitative estimate of drug-likeness (QED) is 0.527. The Labute approximate surface area is 193 Å². The Morgan fingerprint density at radius 2 is 2.00 bits per heavy atom. The fourth-order valence-electron chi connectivity index (χ4n) is 4.69. The van der Waals surface area contributed by atoms with Crippen molar-refractivity contribution in [3.63, 3.8) is 0 Å². The second kappa shape index (κ2) is 9.96. The molecule has 1 fully saturated rings. The number of carbonyl (C=O) groups excluding carboxylic acids is 1. The second-order valence-corrected chi connectivity index (χ2v) is 9.56. The molecule has 0 N–H and O–H groups in total. The molecule has 4 rings (SSSR count). The first-order valence-corrected chi connectivity index (χ1v) is 12.1. The molecule has 0 spiro atoms. The summed E-state index contributed by atoms with van der Waals surface area (Å²) in [4.78, 5) is 17.4. The van der Waals surface area contributed by atoms with Gasteiger partial charge >= 0.3 is 0 Å². The summed E-state index contributed by atoms with van der Waals surface area (Å²) < 4.78 is 16.4. The van der Waals surface area contributed by atoms with Gasteiger partial charge in [-0.2, -0.15) is 16.4 Å². The number of rotatable bonds is 7. The van der Waals surface area contributed by atoms with E-state index in [9.17, 15) is 9.18 Å². The molecule has 1 aromatic carbocycles. The smallest absolute Gasteiger partial charge is 0.254 e. The first-order valence-electron chi connectivity index (χ1n) is 11.2. The van der Waals surface area contributed by atoms with Crippen LogP contribution >= 0.6 is 11.3 Å². The molecule has 1 atom stereocenters. The Kier molecular flexibility index (Phi) is 7.06. The minimum Gasteiger partial charge on any atom is -0.338 e. The van der Waals surface area contributed by atoms with Crippen molar-refractivity contribution in [2.75, 3.05) is 20.1 Å². The van der Waals surface area contributed by atoms with Crippen LogP contribution in [0, 0.1) is 18.7 Å². The molecule has 1 amide bonds. The van der Waals surface area contributed by atoms with Gasteiger partial charge in [-0.1, -0.05) is 18.2 Å². The molecule has 3 aromatic rings. The lowest BCUT2D eigenvalue weighted by Gasteiger charge is -2.40. The molecule has 0 aliphatic carbocycles. The number of likely N-dealkylation sites (tertiary alicyclic amines) is 1. The largest absolute Gasteiger partial charge is 0.338 e. The fourth-order valence-corrected chi connectivity index (χ4v) is 5.32. The van der Waals surface area contributed by atoms with Gasteiger partial charge in [-0.3, -0.25) is 14.4 Å². The highest BCUT2D eigenvalue weighted by Crippen LogP contribution is 2.29. The average Bonchev–Trinajstić information content (AvgIpc) is 3.45. The Balaban J connectivity index is 1.48. The number of benzene rings is 1. The molecular formula is C25H31FN4OS. The standard InChI is InChI=1S/C25H31FN4OS/c1-18-22(15-27-29(18)3)16-30-11-8-19(9-12-30)24(14-20-6-4-5-7-23(20)26)28(2)25(31)21-10-13-32-17-21/h4-7,10,13,15,17,19,24H,8-9,11-12,14,16H2,1-3H3. The maximum Gasteiger partial charge on any atom is 0.254 e. The van der Waals surface area contributed by atoms with Gasteiger partial charge in [0.1, 0.15) is 5.82 Å². The van der Waals surface area contributed by atoms with Gasteiger partial charge in [-0.05, 0) is 68.3 Å². The van der Waals surface area contributed by atoms with E-state index in [1.54, 1.807) is 6.07 Å². The maximum absolute atomic E-state index is 14.5. The van der Waals surface area contributed by atoms with Crippen LogP contribution in [0.25, 0.3) is 0 Å². The molecule has 1 saturated heterocycles. The lowest BCUT2D eigenvalue weighted by molar-refractivity contribution is 0.0583. The van der Waals surface area contributed by atoms with Crippen LogP contribution in [0.2, 0.25) is 0 Å². The maximum atomic E-state index is 14.5. The molecular weight excluding hydrogens is 423 g/mol. The van der Waals surface area contributed by atoms with Gasteiger partial charge in [0, 0.05) is 43.3 Å². The van der Waals surface area contributed by atoms with Crippen molar-refractivity contribution in [1.82, 2.24) is 19.6 Å². The van der Waals surface area contributed by atoms with Crippen molar-refractivity contribution in [2.24, 2.45) is 13.0 Å². The number of thiophene rings is 1. The molecule has 0 saturated carbocycles. The van der Waals surface area contributed by atoms with E-state index >= 15 is 0 Å². The summed E-state index contributed by atoms with van der Waals surface area (Å²) in [7, 11) is 3.84. The molecule has 5 nitrogen and oxygen atoms in total. The number of aryl methyl sites for hydroxylation is 1. The minimum atomic E-state index is -0.196. The van der Waals surface area contributed by atoms with Crippen LogP contribution in [0.1, 0.15) is 40.0 Å². The van der Waals surface area contributed by atoms with Gasteiger partial charge in [0.15, 0.2) is 0 Å². The molecule has 0 bridgehead atoms. The van der Waals surface area contributed by atoms with Crippen molar-refractivity contribution < 1.29 is 9.18 Å².